The maximum absolute atomic E-state index is 11.7. The van der Waals surface area contributed by atoms with Crippen molar-refractivity contribution in [2.75, 3.05) is 10.8 Å². The van der Waals surface area contributed by atoms with Crippen LogP contribution in [0.15, 0.2) is 66.7 Å². The summed E-state index contributed by atoms with van der Waals surface area (Å²) in [4.78, 5) is 0. The molecule has 0 amide bonds. The lowest BCUT2D eigenvalue weighted by atomic mass is 9.97. The highest BCUT2D eigenvalue weighted by Crippen LogP contribution is 2.35. The number of hydrogen-bond acceptors (Lipinski definition) is 2. The maximum atomic E-state index is 11.7. The average Bonchev–Trinajstić information content (AvgIpc) is 2.61. The molecular weight excluding hydrogens is 346 g/mol. The lowest BCUT2D eigenvalue weighted by Gasteiger charge is -2.25. The van der Waals surface area contributed by atoms with Gasteiger partial charge in [-0.05, 0) is 74.3 Å². The molecule has 0 aliphatic carbocycles. The van der Waals surface area contributed by atoms with Crippen molar-refractivity contribution < 1.29 is 13.0 Å². The number of nitrogens with zero attached hydrogens (tertiary/aromatic N) is 1. The zero-order valence-corrected chi connectivity index (χ0v) is 14.6. The Bertz CT molecular complexity index is 1340. The van der Waals surface area contributed by atoms with Crippen LogP contribution in [-0.2, 0) is 10.3 Å². The van der Waals surface area contributed by atoms with E-state index in [0.29, 0.717) is 5.69 Å². The third kappa shape index (κ3) is 2.36. The zero-order chi connectivity index (χ0) is 17.9. The minimum atomic E-state index is -4.30. The highest BCUT2D eigenvalue weighted by Gasteiger charge is 2.23. The van der Waals surface area contributed by atoms with Crippen molar-refractivity contribution in [2.45, 2.75) is 0 Å². The summed E-state index contributed by atoms with van der Waals surface area (Å²) in [5.74, 6) is 0. The van der Waals surface area contributed by atoms with Crippen molar-refractivity contribution in [3.8, 4) is 0 Å². The van der Waals surface area contributed by atoms with Gasteiger partial charge in [-0.15, -0.1) is 0 Å². The van der Waals surface area contributed by atoms with Gasteiger partial charge in [0.15, 0.2) is 0 Å². The summed E-state index contributed by atoms with van der Waals surface area (Å²) in [6.07, 6.45) is 3.62. The summed E-state index contributed by atoms with van der Waals surface area (Å²) in [7, 11) is -4.30. The molecule has 1 aliphatic heterocycles. The normalized spacial score (nSPS) is 14.3. The van der Waals surface area contributed by atoms with E-state index in [1.165, 1.54) is 10.8 Å². The van der Waals surface area contributed by atoms with E-state index in [4.69, 9.17) is 0 Å². The monoisotopic (exact) mass is 361 g/mol. The number of rotatable bonds is 1. The second kappa shape index (κ2) is 5.30. The topological polar surface area (TPSA) is 57.6 Å². The van der Waals surface area contributed by atoms with E-state index in [2.05, 4.69) is 36.4 Å². The lowest BCUT2D eigenvalue weighted by molar-refractivity contribution is 0.479. The summed E-state index contributed by atoms with van der Waals surface area (Å²) in [5, 5.41) is 6.57. The van der Waals surface area contributed by atoms with Crippen LogP contribution in [-0.4, -0.2) is 19.5 Å². The van der Waals surface area contributed by atoms with Crippen LogP contribution in [0.3, 0.4) is 0 Å². The molecule has 1 aliphatic rings. The average molecular weight is 361 g/mol. The van der Waals surface area contributed by atoms with Gasteiger partial charge in [-0.2, -0.15) is 8.42 Å². The molecule has 4 aromatic rings. The van der Waals surface area contributed by atoms with Crippen LogP contribution in [0.4, 0.5) is 5.69 Å². The molecule has 0 spiro atoms. The Morgan fingerprint density at radius 3 is 1.92 bits per heavy atom. The Labute approximate surface area is 150 Å². The molecule has 0 aromatic heterocycles. The first-order valence-corrected chi connectivity index (χ1v) is 9.71. The van der Waals surface area contributed by atoms with E-state index >= 15 is 0 Å². The number of benzene rings is 4. The zero-order valence-electron chi connectivity index (χ0n) is 13.8. The van der Waals surface area contributed by atoms with Crippen molar-refractivity contribution in [1.82, 2.24) is 0 Å². The van der Waals surface area contributed by atoms with Crippen LogP contribution in [0, 0.1) is 0 Å². The summed E-state index contributed by atoms with van der Waals surface area (Å²) < 4.78 is 33.9. The minimum Gasteiger partial charge on any atom is -0.269 e. The van der Waals surface area contributed by atoms with Crippen LogP contribution in [0.1, 0.15) is 5.56 Å². The molecule has 0 saturated heterocycles. The predicted octanol–water partition coefficient (Wildman–Crippen LogP) is 4.78. The molecule has 128 valence electrons. The minimum absolute atomic E-state index is 0.134. The smallest absolute Gasteiger partial charge is 0.269 e. The highest BCUT2D eigenvalue weighted by atomic mass is 32.2. The van der Waals surface area contributed by atoms with Gasteiger partial charge in [-0.25, -0.2) is 4.31 Å². The van der Waals surface area contributed by atoms with E-state index in [1.807, 2.05) is 30.3 Å². The lowest BCUT2D eigenvalue weighted by Crippen LogP contribution is -2.32. The van der Waals surface area contributed by atoms with Crippen molar-refractivity contribution in [3.63, 3.8) is 0 Å². The molecule has 1 N–H and O–H groups in total. The molecule has 0 fully saturated rings. The fraction of sp³-hybridized carbons (Fsp3) is 0.0476. The van der Waals surface area contributed by atoms with Gasteiger partial charge in [0.25, 0.3) is 0 Å². The fourth-order valence-electron chi connectivity index (χ4n) is 3.69. The second-order valence-corrected chi connectivity index (χ2v) is 7.90. The van der Waals surface area contributed by atoms with Crippen LogP contribution in [0.25, 0.3) is 38.4 Å². The van der Waals surface area contributed by atoms with Gasteiger partial charge in [0.2, 0.25) is 0 Å². The molecular formula is C21H15NO3S. The van der Waals surface area contributed by atoms with E-state index < -0.39 is 10.3 Å². The van der Waals surface area contributed by atoms with E-state index in [9.17, 15) is 13.0 Å². The third-order valence-electron chi connectivity index (χ3n) is 4.92. The van der Waals surface area contributed by atoms with Crippen LogP contribution >= 0.6 is 0 Å². The second-order valence-electron chi connectivity index (χ2n) is 6.57. The third-order valence-corrected chi connectivity index (χ3v) is 5.82. The quantitative estimate of drug-likeness (QED) is 0.392. The molecule has 0 radical (unpaired) electrons. The number of fused-ring (bicyclic) bond motifs is 4. The number of anilines is 1. The van der Waals surface area contributed by atoms with Crippen molar-refractivity contribution in [1.29, 1.82) is 0 Å². The molecule has 0 unspecified atom stereocenters. The summed E-state index contributed by atoms with van der Waals surface area (Å²) in [5.41, 5.74) is 1.28. The Morgan fingerprint density at radius 1 is 0.769 bits per heavy atom. The van der Waals surface area contributed by atoms with Crippen LogP contribution in [0.5, 0.6) is 0 Å². The van der Waals surface area contributed by atoms with Gasteiger partial charge in [0.05, 0.1) is 12.2 Å². The highest BCUT2D eigenvalue weighted by molar-refractivity contribution is 7.87. The van der Waals surface area contributed by atoms with Gasteiger partial charge in [0, 0.05) is 0 Å². The van der Waals surface area contributed by atoms with Gasteiger partial charge < -0.3 is 0 Å². The van der Waals surface area contributed by atoms with Crippen LogP contribution < -0.4 is 4.31 Å². The van der Waals surface area contributed by atoms with Gasteiger partial charge in [-0.1, -0.05) is 36.4 Å². The first kappa shape index (κ1) is 15.4. The Kier molecular flexibility index (Phi) is 3.13. The van der Waals surface area contributed by atoms with Gasteiger partial charge >= 0.3 is 10.3 Å². The maximum Gasteiger partial charge on any atom is 0.360 e. The molecule has 4 nitrogen and oxygen atoms in total. The Balaban J connectivity index is 1.81. The molecule has 5 heteroatoms. The Hall–Kier alpha value is -2.89. The first-order chi connectivity index (χ1) is 12.5. The van der Waals surface area contributed by atoms with Crippen LogP contribution in [0.2, 0.25) is 0 Å². The van der Waals surface area contributed by atoms with Gasteiger partial charge in [0.1, 0.15) is 0 Å². The largest absolute Gasteiger partial charge is 0.360 e. The summed E-state index contributed by atoms with van der Waals surface area (Å²) in [6.45, 7) is 0.134. The molecule has 26 heavy (non-hydrogen) atoms. The summed E-state index contributed by atoms with van der Waals surface area (Å²) in [6, 6.07) is 20.5. The Morgan fingerprint density at radius 2 is 1.31 bits per heavy atom. The SMILES string of the molecule is O=S(=O)(O)N1CC=Cc2cc3cc4cc5ccccc5cc4cc3cc21. The molecule has 0 atom stereocenters. The molecule has 5 rings (SSSR count). The fourth-order valence-corrected chi connectivity index (χ4v) is 4.37. The molecule has 4 aromatic carbocycles. The van der Waals surface area contributed by atoms with Crippen molar-refractivity contribution in [3.05, 3.63) is 72.3 Å². The van der Waals surface area contributed by atoms with Gasteiger partial charge in [-0.3, -0.25) is 4.55 Å². The van der Waals surface area contributed by atoms with E-state index in [0.717, 1.165) is 31.4 Å². The first-order valence-electron chi connectivity index (χ1n) is 8.31. The van der Waals surface area contributed by atoms with Crippen molar-refractivity contribution >= 4 is 54.4 Å². The van der Waals surface area contributed by atoms with E-state index in [1.54, 1.807) is 6.08 Å². The number of hydrogen-bond donors (Lipinski definition) is 1. The van der Waals surface area contributed by atoms with E-state index in [-0.39, 0.29) is 6.54 Å². The predicted molar refractivity (Wildman–Crippen MR) is 107 cm³/mol. The van der Waals surface area contributed by atoms with Crippen molar-refractivity contribution in [2.24, 2.45) is 0 Å². The summed E-state index contributed by atoms with van der Waals surface area (Å²) >= 11 is 0. The molecule has 0 bridgehead atoms. The molecule has 1 heterocycles. The standard InChI is InChI=1S/C21H15NO3S/c23-26(24,25)22-7-3-6-16-10-19-11-17-8-14-4-1-2-5-15(14)9-18(17)12-20(19)13-21(16)22/h1-6,8-13H,7H2,(H,23,24,25). The molecule has 0 saturated carbocycles.